The van der Waals surface area contributed by atoms with Gasteiger partial charge in [-0.05, 0) is 32.0 Å². The van der Waals surface area contributed by atoms with Gasteiger partial charge in [-0.1, -0.05) is 15.9 Å². The zero-order valence-electron chi connectivity index (χ0n) is 11.7. The number of sulfonamides is 1. The van der Waals surface area contributed by atoms with Gasteiger partial charge in [0.05, 0.1) is 19.8 Å². The van der Waals surface area contributed by atoms with Crippen molar-refractivity contribution in [2.24, 2.45) is 0 Å². The predicted octanol–water partition coefficient (Wildman–Crippen LogP) is 2.26. The summed E-state index contributed by atoms with van der Waals surface area (Å²) in [7, 11) is -2.15. The number of halogens is 1. The standard InChI is InChI=1S/C13H18BrNO4S/c1-9-8-19-10(2)7-15(9)20(16,17)13-6-11(14)4-5-12(13)18-3/h4-6,9-10H,7-8H2,1-3H3. The summed E-state index contributed by atoms with van der Waals surface area (Å²) in [5.74, 6) is 0.347. The topological polar surface area (TPSA) is 55.8 Å². The second kappa shape index (κ2) is 6.01. The highest BCUT2D eigenvalue weighted by molar-refractivity contribution is 9.10. The highest BCUT2D eigenvalue weighted by atomic mass is 79.9. The molecule has 1 saturated heterocycles. The van der Waals surface area contributed by atoms with Crippen LogP contribution in [-0.4, -0.2) is 45.1 Å². The van der Waals surface area contributed by atoms with E-state index in [1.54, 1.807) is 18.2 Å². The Hall–Kier alpha value is -0.630. The number of morpholine rings is 1. The minimum absolute atomic E-state index is 0.112. The fourth-order valence-corrected chi connectivity index (χ4v) is 4.57. The minimum atomic E-state index is -3.61. The van der Waals surface area contributed by atoms with Gasteiger partial charge in [0.2, 0.25) is 10.0 Å². The molecule has 0 amide bonds. The SMILES string of the molecule is COc1ccc(Br)cc1S(=O)(=O)N1CC(C)OCC1C. The van der Waals surface area contributed by atoms with E-state index in [0.717, 1.165) is 0 Å². The monoisotopic (exact) mass is 363 g/mol. The van der Waals surface area contributed by atoms with Crippen LogP contribution in [0.5, 0.6) is 5.75 Å². The highest BCUT2D eigenvalue weighted by Crippen LogP contribution is 2.31. The predicted molar refractivity (Wildman–Crippen MR) is 79.5 cm³/mol. The maximum absolute atomic E-state index is 12.8. The summed E-state index contributed by atoms with van der Waals surface area (Å²) in [6.45, 7) is 4.45. The molecule has 5 nitrogen and oxygen atoms in total. The van der Waals surface area contributed by atoms with E-state index in [2.05, 4.69) is 15.9 Å². The minimum Gasteiger partial charge on any atom is -0.495 e. The molecule has 2 unspecified atom stereocenters. The van der Waals surface area contributed by atoms with Crippen LogP contribution in [0.3, 0.4) is 0 Å². The summed E-state index contributed by atoms with van der Waals surface area (Å²) in [6.07, 6.45) is -0.112. The van der Waals surface area contributed by atoms with Crippen LogP contribution in [0.15, 0.2) is 27.6 Å². The molecule has 1 heterocycles. The molecule has 0 saturated carbocycles. The molecule has 112 valence electrons. The van der Waals surface area contributed by atoms with Crippen LogP contribution in [0.2, 0.25) is 0 Å². The smallest absolute Gasteiger partial charge is 0.247 e. The van der Waals surface area contributed by atoms with Gasteiger partial charge in [0.15, 0.2) is 0 Å². The number of hydrogen-bond donors (Lipinski definition) is 0. The molecule has 1 aliphatic heterocycles. The van der Waals surface area contributed by atoms with Gasteiger partial charge in [0.25, 0.3) is 0 Å². The molecule has 0 N–H and O–H groups in total. The fraction of sp³-hybridized carbons (Fsp3) is 0.538. The van der Waals surface area contributed by atoms with Gasteiger partial charge in [0, 0.05) is 17.1 Å². The first-order valence-corrected chi connectivity index (χ1v) is 8.56. The van der Waals surface area contributed by atoms with Gasteiger partial charge in [-0.2, -0.15) is 4.31 Å². The first-order chi connectivity index (χ1) is 9.36. The number of ether oxygens (including phenoxy) is 2. The molecule has 0 aromatic heterocycles. The number of nitrogens with zero attached hydrogens (tertiary/aromatic N) is 1. The molecule has 1 aromatic rings. The quantitative estimate of drug-likeness (QED) is 0.826. The Labute approximate surface area is 128 Å². The number of benzene rings is 1. The molecule has 1 aromatic carbocycles. The molecule has 20 heavy (non-hydrogen) atoms. The molecular formula is C13H18BrNO4S. The molecule has 0 aliphatic carbocycles. The first-order valence-electron chi connectivity index (χ1n) is 6.33. The van der Waals surface area contributed by atoms with E-state index in [0.29, 0.717) is 23.4 Å². The largest absolute Gasteiger partial charge is 0.495 e. The summed E-state index contributed by atoms with van der Waals surface area (Å²) in [5, 5.41) is 0. The molecule has 0 bridgehead atoms. The summed E-state index contributed by atoms with van der Waals surface area (Å²) < 4.78 is 38.5. The Balaban J connectivity index is 2.46. The normalized spacial score (nSPS) is 24.6. The van der Waals surface area contributed by atoms with Crippen molar-refractivity contribution in [3.8, 4) is 5.75 Å². The maximum Gasteiger partial charge on any atom is 0.247 e. The van der Waals surface area contributed by atoms with Crippen LogP contribution in [0.1, 0.15) is 13.8 Å². The Kier molecular flexibility index (Phi) is 4.73. The Morgan fingerprint density at radius 1 is 1.40 bits per heavy atom. The molecule has 1 fully saturated rings. The van der Waals surface area contributed by atoms with Gasteiger partial charge in [-0.25, -0.2) is 8.42 Å². The maximum atomic E-state index is 12.8. The van der Waals surface area contributed by atoms with E-state index in [9.17, 15) is 8.42 Å². The zero-order chi connectivity index (χ0) is 14.9. The second-order valence-electron chi connectivity index (χ2n) is 4.86. The Bertz CT molecular complexity index is 590. The van der Waals surface area contributed by atoms with Gasteiger partial charge in [-0.15, -0.1) is 0 Å². The van der Waals surface area contributed by atoms with Crippen molar-refractivity contribution < 1.29 is 17.9 Å². The van der Waals surface area contributed by atoms with Crippen molar-refractivity contribution in [3.63, 3.8) is 0 Å². The Morgan fingerprint density at radius 2 is 2.10 bits per heavy atom. The molecule has 1 aliphatic rings. The van der Waals surface area contributed by atoms with Gasteiger partial charge in [-0.3, -0.25) is 0 Å². The zero-order valence-corrected chi connectivity index (χ0v) is 14.1. The third-order valence-electron chi connectivity index (χ3n) is 3.26. The van der Waals surface area contributed by atoms with Crippen molar-refractivity contribution in [1.29, 1.82) is 0 Å². The molecular weight excluding hydrogens is 346 g/mol. The average molecular weight is 364 g/mol. The van der Waals surface area contributed by atoms with Crippen molar-refractivity contribution in [3.05, 3.63) is 22.7 Å². The first kappa shape index (κ1) is 15.8. The van der Waals surface area contributed by atoms with Crippen LogP contribution in [0, 0.1) is 0 Å². The third-order valence-corrected chi connectivity index (χ3v) is 5.76. The van der Waals surface area contributed by atoms with Crippen molar-refractivity contribution in [1.82, 2.24) is 4.31 Å². The summed E-state index contributed by atoms with van der Waals surface area (Å²) in [4.78, 5) is 0.176. The highest BCUT2D eigenvalue weighted by Gasteiger charge is 2.35. The lowest BCUT2D eigenvalue weighted by Crippen LogP contribution is -2.50. The van der Waals surface area contributed by atoms with Gasteiger partial charge in [0.1, 0.15) is 10.6 Å². The molecule has 7 heteroatoms. The van der Waals surface area contributed by atoms with Gasteiger partial charge >= 0.3 is 0 Å². The molecule has 0 spiro atoms. The van der Waals surface area contributed by atoms with Crippen LogP contribution < -0.4 is 4.74 Å². The fourth-order valence-electron chi connectivity index (χ4n) is 2.19. The van der Waals surface area contributed by atoms with Crippen molar-refractivity contribution >= 4 is 26.0 Å². The summed E-state index contributed by atoms with van der Waals surface area (Å²) in [6, 6.07) is 4.77. The third kappa shape index (κ3) is 3.00. The summed E-state index contributed by atoms with van der Waals surface area (Å²) in [5.41, 5.74) is 0. The van der Waals surface area contributed by atoms with Crippen LogP contribution >= 0.6 is 15.9 Å². The number of methoxy groups -OCH3 is 1. The van der Waals surface area contributed by atoms with Crippen molar-refractivity contribution in [2.45, 2.75) is 30.9 Å². The van der Waals surface area contributed by atoms with Crippen LogP contribution in [-0.2, 0) is 14.8 Å². The number of rotatable bonds is 3. The van der Waals surface area contributed by atoms with E-state index >= 15 is 0 Å². The van der Waals surface area contributed by atoms with E-state index in [4.69, 9.17) is 9.47 Å². The van der Waals surface area contributed by atoms with E-state index in [1.807, 2.05) is 13.8 Å². The van der Waals surface area contributed by atoms with Crippen molar-refractivity contribution in [2.75, 3.05) is 20.3 Å². The average Bonchev–Trinajstić information content (AvgIpc) is 2.41. The lowest BCUT2D eigenvalue weighted by Gasteiger charge is -2.35. The lowest BCUT2D eigenvalue weighted by molar-refractivity contribution is -0.0171. The summed E-state index contributed by atoms with van der Waals surface area (Å²) >= 11 is 3.31. The van der Waals surface area contributed by atoms with E-state index in [-0.39, 0.29) is 17.0 Å². The van der Waals surface area contributed by atoms with Gasteiger partial charge < -0.3 is 9.47 Å². The molecule has 2 rings (SSSR count). The lowest BCUT2D eigenvalue weighted by atomic mass is 10.2. The Morgan fingerprint density at radius 3 is 2.75 bits per heavy atom. The molecule has 2 atom stereocenters. The van der Waals surface area contributed by atoms with E-state index < -0.39 is 10.0 Å². The molecule has 0 radical (unpaired) electrons. The number of hydrogen-bond acceptors (Lipinski definition) is 4. The van der Waals surface area contributed by atoms with Crippen LogP contribution in [0.4, 0.5) is 0 Å². The second-order valence-corrected chi connectivity index (χ2v) is 7.64. The van der Waals surface area contributed by atoms with Crippen LogP contribution in [0.25, 0.3) is 0 Å². The van der Waals surface area contributed by atoms with E-state index in [1.165, 1.54) is 11.4 Å².